The van der Waals surface area contributed by atoms with Crippen LogP contribution in [0.1, 0.15) is 28.8 Å². The van der Waals surface area contributed by atoms with Gasteiger partial charge in [-0.15, -0.1) is 11.3 Å². The summed E-state index contributed by atoms with van der Waals surface area (Å²) >= 11 is 4.03. The highest BCUT2D eigenvalue weighted by Gasteiger charge is 2.28. The summed E-state index contributed by atoms with van der Waals surface area (Å²) in [6.07, 6.45) is 6.83. The van der Waals surface area contributed by atoms with Gasteiger partial charge in [-0.05, 0) is 59.9 Å². The predicted molar refractivity (Wildman–Crippen MR) is 144 cm³/mol. The Bertz CT molecular complexity index is 1500. The summed E-state index contributed by atoms with van der Waals surface area (Å²) in [5.41, 5.74) is 9.97. The van der Waals surface area contributed by atoms with Crippen molar-refractivity contribution in [2.75, 3.05) is 11.5 Å². The molecule has 170 valence electrons. The predicted octanol–water partition coefficient (Wildman–Crippen LogP) is 6.95. The highest BCUT2D eigenvalue weighted by molar-refractivity contribution is 7.99. The normalized spacial score (nSPS) is 15.7. The van der Waals surface area contributed by atoms with Crippen molar-refractivity contribution >= 4 is 34.0 Å². The molecule has 0 spiro atoms. The number of aryl methyl sites for hydroxylation is 1. The smallest absolute Gasteiger partial charge is 0.0963 e. The molecule has 0 unspecified atom stereocenters. The van der Waals surface area contributed by atoms with Gasteiger partial charge in [-0.1, -0.05) is 36.4 Å². The molecule has 4 nitrogen and oxygen atoms in total. The number of nitrogens with one attached hydrogen (secondary N) is 1. The van der Waals surface area contributed by atoms with Crippen LogP contribution in [0.15, 0.2) is 54.7 Å². The van der Waals surface area contributed by atoms with Crippen LogP contribution in [0.25, 0.3) is 43.9 Å². The summed E-state index contributed by atoms with van der Waals surface area (Å²) in [7, 11) is 1.99. The number of hydrogen-bond donors (Lipinski definition) is 1. The zero-order valence-electron chi connectivity index (χ0n) is 19.2. The maximum Gasteiger partial charge on any atom is 0.0963 e. The molecule has 1 N–H and O–H groups in total. The quantitative estimate of drug-likeness (QED) is 0.296. The van der Waals surface area contributed by atoms with E-state index in [2.05, 4.69) is 70.5 Å². The molecule has 0 radical (unpaired) electrons. The number of fused-ring (bicyclic) bond motifs is 4. The number of benzene rings is 2. The molecule has 0 saturated carbocycles. The fourth-order valence-corrected chi connectivity index (χ4v) is 7.84. The first kappa shape index (κ1) is 20.5. The minimum atomic E-state index is 0.865. The molecule has 1 saturated heterocycles. The fourth-order valence-electron chi connectivity index (χ4n) is 5.45. The molecule has 3 aromatic heterocycles. The van der Waals surface area contributed by atoms with Gasteiger partial charge < -0.3 is 0 Å². The van der Waals surface area contributed by atoms with Crippen LogP contribution in [0, 0.1) is 5.92 Å². The van der Waals surface area contributed by atoms with Crippen molar-refractivity contribution in [3.8, 4) is 33.0 Å². The number of hydrogen-bond acceptors (Lipinski definition) is 4. The lowest BCUT2D eigenvalue weighted by Crippen LogP contribution is -2.12. The topological polar surface area (TPSA) is 46.5 Å². The average molecular weight is 483 g/mol. The standard InChI is InChI=1S/C28H26N4S2/c1-32-24-13-20(6-7-21(24)16-29-32)27-23-15-26-22(28(23)31-30-27)14-25(34-26)19-4-2-17(3-5-19)12-18-8-10-33-11-9-18/h2-7,13-14,16,18H,8-12,15H2,1H3,(H,30,31). The van der Waals surface area contributed by atoms with E-state index in [1.165, 1.54) is 68.5 Å². The van der Waals surface area contributed by atoms with Crippen molar-refractivity contribution in [1.29, 1.82) is 0 Å². The van der Waals surface area contributed by atoms with Crippen LogP contribution in [0.3, 0.4) is 0 Å². The van der Waals surface area contributed by atoms with Crippen LogP contribution in [-0.4, -0.2) is 31.5 Å². The van der Waals surface area contributed by atoms with Gasteiger partial charge in [-0.3, -0.25) is 9.78 Å². The number of thiophene rings is 1. The SMILES string of the molecule is Cn1ncc2ccc(-c3n[nH]c4c3Cc3sc(-c5ccc(CC6CCSCC6)cc5)cc3-4)cc21. The van der Waals surface area contributed by atoms with E-state index in [4.69, 9.17) is 5.10 Å². The minimum absolute atomic E-state index is 0.865. The second-order valence-electron chi connectivity index (χ2n) is 9.55. The lowest BCUT2D eigenvalue weighted by atomic mass is 9.93. The molecule has 2 aliphatic rings. The van der Waals surface area contributed by atoms with Crippen LogP contribution in [0.4, 0.5) is 0 Å². The highest BCUT2D eigenvalue weighted by atomic mass is 32.2. The van der Waals surface area contributed by atoms with Gasteiger partial charge in [0.2, 0.25) is 0 Å². The molecule has 0 bridgehead atoms. The second kappa shape index (κ2) is 8.14. The number of H-pyrrole nitrogens is 1. The maximum absolute atomic E-state index is 4.73. The summed E-state index contributed by atoms with van der Waals surface area (Å²) < 4.78 is 1.92. The lowest BCUT2D eigenvalue weighted by molar-refractivity contribution is 0.488. The van der Waals surface area contributed by atoms with Gasteiger partial charge in [0, 0.05) is 45.3 Å². The van der Waals surface area contributed by atoms with Gasteiger partial charge in [0.05, 0.1) is 23.1 Å². The van der Waals surface area contributed by atoms with Crippen LogP contribution in [0.5, 0.6) is 0 Å². The molecule has 1 aliphatic carbocycles. The first-order valence-corrected chi connectivity index (χ1v) is 14.0. The van der Waals surface area contributed by atoms with E-state index >= 15 is 0 Å². The molecule has 5 aromatic rings. The Balaban J connectivity index is 1.15. The summed E-state index contributed by atoms with van der Waals surface area (Å²) in [6, 6.07) is 18.2. The molecule has 0 atom stereocenters. The van der Waals surface area contributed by atoms with E-state index in [0.29, 0.717) is 0 Å². The summed E-state index contributed by atoms with van der Waals surface area (Å²) in [5.74, 6) is 3.53. The molecule has 34 heavy (non-hydrogen) atoms. The summed E-state index contributed by atoms with van der Waals surface area (Å²) in [4.78, 5) is 2.79. The van der Waals surface area contributed by atoms with E-state index < -0.39 is 0 Å². The molecule has 7 rings (SSSR count). The number of thioether (sulfide) groups is 1. The minimum Gasteiger partial charge on any atom is -0.277 e. The first-order chi connectivity index (χ1) is 16.7. The summed E-state index contributed by atoms with van der Waals surface area (Å²) in [6.45, 7) is 0. The Hall–Kier alpha value is -2.83. The Morgan fingerprint density at radius 1 is 1.03 bits per heavy atom. The van der Waals surface area contributed by atoms with Crippen molar-refractivity contribution in [2.45, 2.75) is 25.7 Å². The van der Waals surface area contributed by atoms with E-state index in [9.17, 15) is 0 Å². The maximum atomic E-state index is 4.73. The summed E-state index contributed by atoms with van der Waals surface area (Å²) in [5, 5.41) is 13.6. The van der Waals surface area contributed by atoms with E-state index in [0.717, 1.165) is 34.5 Å². The molecule has 2 aromatic carbocycles. The Morgan fingerprint density at radius 2 is 1.85 bits per heavy atom. The Labute approximate surface area is 207 Å². The Morgan fingerprint density at radius 3 is 2.71 bits per heavy atom. The fraction of sp³-hybridized carbons (Fsp3) is 0.286. The third-order valence-electron chi connectivity index (χ3n) is 7.41. The molecular formula is C28H26N4S2. The molecule has 4 heterocycles. The van der Waals surface area contributed by atoms with Crippen LogP contribution < -0.4 is 0 Å². The molecule has 0 amide bonds. The van der Waals surface area contributed by atoms with Gasteiger partial charge in [0.15, 0.2) is 0 Å². The zero-order valence-corrected chi connectivity index (χ0v) is 20.8. The zero-order chi connectivity index (χ0) is 22.6. The average Bonchev–Trinajstić information content (AvgIpc) is 3.62. The molecule has 1 fully saturated rings. The number of aromatic amines is 1. The third kappa shape index (κ3) is 3.43. The molecule has 1 aliphatic heterocycles. The van der Waals surface area contributed by atoms with Crippen molar-refractivity contribution in [2.24, 2.45) is 13.0 Å². The van der Waals surface area contributed by atoms with Gasteiger partial charge in [-0.2, -0.15) is 22.0 Å². The van der Waals surface area contributed by atoms with Gasteiger partial charge in [0.1, 0.15) is 0 Å². The van der Waals surface area contributed by atoms with E-state index in [1.807, 2.05) is 29.3 Å². The van der Waals surface area contributed by atoms with Gasteiger partial charge in [-0.25, -0.2) is 0 Å². The Kier molecular flexibility index (Phi) is 4.91. The van der Waals surface area contributed by atoms with Crippen LogP contribution in [0.2, 0.25) is 0 Å². The molecular weight excluding hydrogens is 456 g/mol. The first-order valence-electron chi connectivity index (χ1n) is 12.0. The van der Waals surface area contributed by atoms with E-state index in [1.54, 1.807) is 0 Å². The lowest BCUT2D eigenvalue weighted by Gasteiger charge is -2.21. The third-order valence-corrected chi connectivity index (χ3v) is 9.64. The van der Waals surface area contributed by atoms with Gasteiger partial charge >= 0.3 is 0 Å². The van der Waals surface area contributed by atoms with Crippen molar-refractivity contribution in [3.05, 3.63) is 70.7 Å². The van der Waals surface area contributed by atoms with Crippen molar-refractivity contribution in [1.82, 2.24) is 20.0 Å². The monoisotopic (exact) mass is 482 g/mol. The van der Waals surface area contributed by atoms with Crippen LogP contribution >= 0.6 is 23.1 Å². The highest BCUT2D eigenvalue weighted by Crippen LogP contribution is 2.46. The van der Waals surface area contributed by atoms with Crippen molar-refractivity contribution in [3.63, 3.8) is 0 Å². The number of nitrogens with zero attached hydrogens (tertiary/aromatic N) is 3. The van der Waals surface area contributed by atoms with Gasteiger partial charge in [0.25, 0.3) is 0 Å². The second-order valence-corrected chi connectivity index (χ2v) is 11.9. The van der Waals surface area contributed by atoms with Crippen molar-refractivity contribution < 1.29 is 0 Å². The van der Waals surface area contributed by atoms with E-state index in [-0.39, 0.29) is 0 Å². The molecule has 6 heteroatoms. The van der Waals surface area contributed by atoms with Crippen LogP contribution in [-0.2, 0) is 19.9 Å². The number of rotatable bonds is 4. The largest absolute Gasteiger partial charge is 0.277 e. The number of aromatic nitrogens is 4.